The van der Waals surface area contributed by atoms with E-state index in [4.69, 9.17) is 9.26 Å². The first kappa shape index (κ1) is 37.8. The molecule has 0 saturated carbocycles. The number of hydrogen-bond donors (Lipinski definition) is 0. The number of benzene rings is 1. The first-order valence-corrected chi connectivity index (χ1v) is 17.5. The van der Waals surface area contributed by atoms with Gasteiger partial charge in [0.25, 0.3) is 0 Å². The predicted molar refractivity (Wildman–Crippen MR) is 173 cm³/mol. The lowest BCUT2D eigenvalue weighted by molar-refractivity contribution is -0.145. The van der Waals surface area contributed by atoms with Crippen LogP contribution in [0.25, 0.3) is 0 Å². The van der Waals surface area contributed by atoms with Gasteiger partial charge in [-0.05, 0) is 29.7 Å². The highest BCUT2D eigenvalue weighted by molar-refractivity contribution is 7.41. The van der Waals surface area contributed by atoms with Crippen LogP contribution in [0.3, 0.4) is 0 Å². The van der Waals surface area contributed by atoms with E-state index in [1.54, 1.807) is 0 Å². The van der Waals surface area contributed by atoms with Crippen molar-refractivity contribution in [1.29, 1.82) is 0 Å². The van der Waals surface area contributed by atoms with Crippen LogP contribution in [0, 0.1) is 0 Å². The van der Waals surface area contributed by atoms with Gasteiger partial charge in [0.2, 0.25) is 0 Å². The smallest absolute Gasteiger partial charge is 0.465 e. The molecule has 1 atom stereocenters. The van der Waals surface area contributed by atoms with Crippen molar-refractivity contribution >= 4 is 14.7 Å². The summed E-state index contributed by atoms with van der Waals surface area (Å²) in [7, 11) is -3.56. The molecule has 41 heavy (non-hydrogen) atoms. The molecular formula is C35H61F2O3P. The van der Waals surface area contributed by atoms with E-state index in [1.165, 1.54) is 89.9 Å². The molecule has 3 nitrogen and oxygen atoms in total. The number of rotatable bonds is 21. The molecule has 0 amide bonds. The summed E-state index contributed by atoms with van der Waals surface area (Å²) in [5.41, 5.74) is 1.33. The Labute approximate surface area is 253 Å². The topological polar surface area (TPSA) is 35.5 Å². The fourth-order valence-electron chi connectivity index (χ4n) is 5.27. The van der Waals surface area contributed by atoms with Gasteiger partial charge in [-0.3, -0.25) is 4.79 Å². The van der Waals surface area contributed by atoms with Gasteiger partial charge in [-0.25, -0.2) is 0 Å². The second-order valence-electron chi connectivity index (χ2n) is 13.9. The summed E-state index contributed by atoms with van der Waals surface area (Å²) in [5.74, 6) is -0.499. The highest BCUT2D eigenvalue weighted by Crippen LogP contribution is 2.49. The molecule has 0 aromatic heterocycles. The van der Waals surface area contributed by atoms with Crippen molar-refractivity contribution in [1.82, 2.24) is 0 Å². The Bertz CT molecular complexity index is 823. The number of ether oxygens (including phenoxy) is 1. The van der Waals surface area contributed by atoms with Crippen LogP contribution in [-0.4, -0.2) is 12.6 Å². The van der Waals surface area contributed by atoms with E-state index in [1.807, 2.05) is 60.6 Å². The van der Waals surface area contributed by atoms with E-state index in [0.29, 0.717) is 17.7 Å². The lowest BCUT2D eigenvalue weighted by Crippen LogP contribution is -2.21. The van der Waals surface area contributed by atoms with Crippen molar-refractivity contribution in [3.05, 3.63) is 28.8 Å². The predicted octanol–water partition coefficient (Wildman–Crippen LogP) is 12.7. The second kappa shape index (κ2) is 19.9. The average Bonchev–Trinajstić information content (AvgIpc) is 2.88. The molecule has 1 rings (SSSR count). The number of esters is 1. The molecule has 1 unspecified atom stereocenters. The molecule has 0 N–H and O–H groups in total. The molecule has 0 aliphatic carbocycles. The Kier molecular flexibility index (Phi) is 18.3. The third kappa shape index (κ3) is 15.7. The molecule has 0 radical (unpaired) electrons. The van der Waals surface area contributed by atoms with Gasteiger partial charge in [-0.2, -0.15) is 0 Å². The normalized spacial score (nSPS) is 13.0. The maximum Gasteiger partial charge on any atom is 0.481 e. The molecule has 238 valence electrons. The number of halogens is 2. The first-order chi connectivity index (χ1) is 19.3. The first-order valence-electron chi connectivity index (χ1n) is 16.4. The summed E-state index contributed by atoms with van der Waals surface area (Å²) in [5, 5.41) is 0. The van der Waals surface area contributed by atoms with Gasteiger partial charge in [-0.1, -0.05) is 157 Å². The van der Waals surface area contributed by atoms with Gasteiger partial charge in [0.1, 0.15) is 5.75 Å². The van der Waals surface area contributed by atoms with Gasteiger partial charge in [0.15, 0.2) is 0 Å². The standard InChI is InChI=1S/C35H61F2O3P/c1-9-10-11-12-13-14-15-16-17-18-19-20-21-22-23-24-25-39-33(38)28(2)29-26-30(34(3,4)5)32(40-41(36)37)31(27-29)35(6,7)8/h26-28H,9-25H2,1-8H3. The molecular weight excluding hydrogens is 537 g/mol. The zero-order chi connectivity index (χ0) is 30.9. The van der Waals surface area contributed by atoms with E-state index < -0.39 is 25.5 Å². The lowest BCUT2D eigenvalue weighted by Gasteiger charge is -2.30. The Morgan fingerprint density at radius 2 is 1.07 bits per heavy atom. The minimum absolute atomic E-state index is 0.249. The minimum atomic E-state index is -3.56. The van der Waals surface area contributed by atoms with Gasteiger partial charge < -0.3 is 9.26 Å². The van der Waals surface area contributed by atoms with Crippen LogP contribution in [0.5, 0.6) is 5.75 Å². The average molecular weight is 599 g/mol. The van der Waals surface area contributed by atoms with Crippen LogP contribution in [-0.2, 0) is 20.4 Å². The highest BCUT2D eigenvalue weighted by Gasteiger charge is 2.32. The zero-order valence-corrected chi connectivity index (χ0v) is 28.6. The summed E-state index contributed by atoms with van der Waals surface area (Å²) in [4.78, 5) is 12.9. The Morgan fingerprint density at radius 3 is 1.41 bits per heavy atom. The Hall–Kier alpha value is -1.22. The number of unbranched alkanes of at least 4 members (excludes halogenated alkanes) is 15. The third-order valence-corrected chi connectivity index (χ3v) is 8.30. The van der Waals surface area contributed by atoms with E-state index in [-0.39, 0.29) is 11.7 Å². The molecule has 0 saturated heterocycles. The molecule has 6 heteroatoms. The van der Waals surface area contributed by atoms with Crippen LogP contribution < -0.4 is 4.52 Å². The van der Waals surface area contributed by atoms with E-state index in [0.717, 1.165) is 18.4 Å². The number of carbonyl (C=O) groups is 1. The van der Waals surface area contributed by atoms with Crippen molar-refractivity contribution in [3.8, 4) is 5.75 Å². The van der Waals surface area contributed by atoms with Gasteiger partial charge >= 0.3 is 14.7 Å². The Balaban J connectivity index is 2.40. The molecule has 0 spiro atoms. The molecule has 0 bridgehead atoms. The summed E-state index contributed by atoms with van der Waals surface area (Å²) in [6.45, 7) is 16.4. The van der Waals surface area contributed by atoms with Crippen molar-refractivity contribution in [2.75, 3.05) is 6.61 Å². The Morgan fingerprint density at radius 1 is 0.707 bits per heavy atom. The van der Waals surface area contributed by atoms with E-state index >= 15 is 0 Å². The monoisotopic (exact) mass is 598 g/mol. The summed E-state index contributed by atoms with van der Waals surface area (Å²) in [6.07, 6.45) is 20.9. The fourth-order valence-corrected chi connectivity index (χ4v) is 5.60. The van der Waals surface area contributed by atoms with Crippen LogP contribution in [0.15, 0.2) is 12.1 Å². The summed E-state index contributed by atoms with van der Waals surface area (Å²) >= 11 is 0. The van der Waals surface area contributed by atoms with Crippen LogP contribution in [0.1, 0.15) is 181 Å². The van der Waals surface area contributed by atoms with Crippen molar-refractivity contribution in [2.24, 2.45) is 0 Å². The summed E-state index contributed by atoms with van der Waals surface area (Å²) in [6, 6.07) is 3.70. The van der Waals surface area contributed by atoms with Crippen LogP contribution in [0.4, 0.5) is 8.39 Å². The largest absolute Gasteiger partial charge is 0.481 e. The minimum Gasteiger partial charge on any atom is -0.465 e. The van der Waals surface area contributed by atoms with Crippen molar-refractivity contribution < 1.29 is 22.4 Å². The molecule has 1 aromatic rings. The van der Waals surface area contributed by atoms with Crippen molar-refractivity contribution in [3.63, 3.8) is 0 Å². The van der Waals surface area contributed by atoms with Crippen LogP contribution in [0.2, 0.25) is 0 Å². The molecule has 1 aromatic carbocycles. The van der Waals surface area contributed by atoms with E-state index in [9.17, 15) is 13.2 Å². The van der Waals surface area contributed by atoms with Crippen LogP contribution >= 0.6 is 8.77 Å². The lowest BCUT2D eigenvalue weighted by atomic mass is 9.77. The zero-order valence-electron chi connectivity index (χ0n) is 27.7. The van der Waals surface area contributed by atoms with Gasteiger partial charge in [0, 0.05) is 11.1 Å². The SMILES string of the molecule is CCCCCCCCCCCCCCCCCCOC(=O)C(C)c1cc(C(C)(C)C)c(OP(F)F)c(C(C)(C)C)c1. The third-order valence-electron chi connectivity index (χ3n) is 7.98. The quantitative estimate of drug-likeness (QED) is 0.0802. The molecule has 0 heterocycles. The van der Waals surface area contributed by atoms with E-state index in [2.05, 4.69) is 6.92 Å². The molecule has 0 aliphatic rings. The molecule has 0 fully saturated rings. The fraction of sp³-hybridized carbons (Fsp3) is 0.800. The maximum absolute atomic E-state index is 13.4. The number of hydrogen-bond acceptors (Lipinski definition) is 3. The highest BCUT2D eigenvalue weighted by atomic mass is 31.2. The van der Waals surface area contributed by atoms with Gasteiger partial charge in [-0.15, -0.1) is 8.39 Å². The van der Waals surface area contributed by atoms with Gasteiger partial charge in [0.05, 0.1) is 12.5 Å². The maximum atomic E-state index is 13.4. The summed E-state index contributed by atoms with van der Waals surface area (Å²) < 4.78 is 37.6. The molecule has 0 aliphatic heterocycles. The van der Waals surface area contributed by atoms with Crippen molar-refractivity contribution in [2.45, 2.75) is 175 Å². The second-order valence-corrected chi connectivity index (χ2v) is 14.5. The number of carbonyl (C=O) groups excluding carboxylic acids is 1.